The van der Waals surface area contributed by atoms with Crippen LogP contribution in [0, 0.1) is 5.92 Å². The number of aliphatic hydroxyl groups is 1. The third-order valence-corrected chi connectivity index (χ3v) is 2.96. The van der Waals surface area contributed by atoms with Gasteiger partial charge in [0.2, 0.25) is 0 Å². The lowest BCUT2D eigenvalue weighted by Gasteiger charge is -2.40. The molecule has 0 aromatic heterocycles. The number of halogens is 3. The first-order chi connectivity index (χ1) is 7.81. The van der Waals surface area contributed by atoms with E-state index in [0.29, 0.717) is 19.0 Å². The second kappa shape index (κ2) is 6.02. The van der Waals surface area contributed by atoms with E-state index in [-0.39, 0.29) is 12.6 Å². The number of hydrogen-bond acceptors (Lipinski definition) is 3. The van der Waals surface area contributed by atoms with E-state index in [1.807, 2.05) is 13.8 Å². The molecule has 17 heavy (non-hydrogen) atoms. The highest BCUT2D eigenvalue weighted by Gasteiger charge is 2.36. The summed E-state index contributed by atoms with van der Waals surface area (Å²) in [7, 11) is 0. The fourth-order valence-corrected chi connectivity index (χ4v) is 2.26. The highest BCUT2D eigenvalue weighted by atomic mass is 19.4. The predicted octanol–water partition coefficient (Wildman–Crippen LogP) is 1.23. The van der Waals surface area contributed by atoms with E-state index in [0.717, 1.165) is 6.42 Å². The van der Waals surface area contributed by atoms with Crippen LogP contribution in [0.4, 0.5) is 13.2 Å². The summed E-state index contributed by atoms with van der Waals surface area (Å²) < 4.78 is 37.2. The quantitative estimate of drug-likeness (QED) is 0.792. The van der Waals surface area contributed by atoms with Crippen LogP contribution < -0.4 is 5.32 Å². The van der Waals surface area contributed by atoms with Crippen LogP contribution >= 0.6 is 0 Å². The Bertz CT molecular complexity index is 233. The van der Waals surface area contributed by atoms with Gasteiger partial charge in [0.1, 0.15) is 0 Å². The molecule has 6 heteroatoms. The van der Waals surface area contributed by atoms with Crippen LogP contribution in [0.15, 0.2) is 0 Å². The van der Waals surface area contributed by atoms with E-state index in [1.165, 1.54) is 4.90 Å². The van der Waals surface area contributed by atoms with Gasteiger partial charge < -0.3 is 10.4 Å². The molecule has 0 aromatic carbocycles. The van der Waals surface area contributed by atoms with Gasteiger partial charge in [0.25, 0.3) is 0 Å². The number of hydrogen-bond donors (Lipinski definition) is 2. The Balaban J connectivity index is 2.55. The molecule has 0 radical (unpaired) electrons. The zero-order chi connectivity index (χ0) is 13.1. The molecule has 0 bridgehead atoms. The standard InChI is InChI=1S/C11H21F3N2O/c1-8(2)3-9-5-16(7-11(12,13)14)10(6-17)4-15-9/h8-10,15,17H,3-7H2,1-2H3. The lowest BCUT2D eigenvalue weighted by atomic mass is 10.00. The van der Waals surface area contributed by atoms with Gasteiger partial charge in [-0.05, 0) is 12.3 Å². The fraction of sp³-hybridized carbons (Fsp3) is 1.00. The molecule has 1 fully saturated rings. The van der Waals surface area contributed by atoms with Gasteiger partial charge in [-0.3, -0.25) is 4.90 Å². The maximum absolute atomic E-state index is 12.4. The Labute approximate surface area is 100.0 Å². The maximum atomic E-state index is 12.4. The van der Waals surface area contributed by atoms with Crippen molar-refractivity contribution in [1.82, 2.24) is 10.2 Å². The molecule has 1 heterocycles. The second-order valence-electron chi connectivity index (χ2n) is 5.12. The molecule has 1 aliphatic rings. The summed E-state index contributed by atoms with van der Waals surface area (Å²) in [4.78, 5) is 1.34. The lowest BCUT2D eigenvalue weighted by Crippen LogP contribution is -2.59. The largest absolute Gasteiger partial charge is 0.401 e. The SMILES string of the molecule is CC(C)CC1CN(CC(F)(F)F)C(CO)CN1. The summed E-state index contributed by atoms with van der Waals surface area (Å²) in [6.07, 6.45) is -3.35. The molecule has 2 N–H and O–H groups in total. The second-order valence-corrected chi connectivity index (χ2v) is 5.12. The highest BCUT2D eigenvalue weighted by Crippen LogP contribution is 2.21. The van der Waals surface area contributed by atoms with Crippen molar-refractivity contribution in [2.45, 2.75) is 38.5 Å². The molecule has 2 atom stereocenters. The van der Waals surface area contributed by atoms with E-state index < -0.39 is 18.8 Å². The predicted molar refractivity (Wildman–Crippen MR) is 59.7 cm³/mol. The molecule has 1 aliphatic heterocycles. The average molecular weight is 254 g/mol. The van der Waals surface area contributed by atoms with Crippen molar-refractivity contribution in [3.63, 3.8) is 0 Å². The van der Waals surface area contributed by atoms with Crippen LogP contribution in [0.25, 0.3) is 0 Å². The van der Waals surface area contributed by atoms with Crippen LogP contribution in [-0.2, 0) is 0 Å². The zero-order valence-electron chi connectivity index (χ0n) is 10.3. The third-order valence-electron chi connectivity index (χ3n) is 2.96. The first-order valence-electron chi connectivity index (χ1n) is 5.97. The average Bonchev–Trinajstić information content (AvgIpc) is 2.14. The third kappa shape index (κ3) is 5.23. The minimum Gasteiger partial charge on any atom is -0.395 e. The Kier molecular flexibility index (Phi) is 5.22. The Morgan fingerprint density at radius 1 is 1.41 bits per heavy atom. The van der Waals surface area contributed by atoms with E-state index in [4.69, 9.17) is 5.11 Å². The minimum atomic E-state index is -4.20. The number of nitrogens with zero attached hydrogens (tertiary/aromatic N) is 1. The molecule has 3 nitrogen and oxygen atoms in total. The van der Waals surface area contributed by atoms with Crippen molar-refractivity contribution >= 4 is 0 Å². The van der Waals surface area contributed by atoms with Crippen LogP contribution in [0.5, 0.6) is 0 Å². The molecule has 0 aromatic rings. The summed E-state index contributed by atoms with van der Waals surface area (Å²) in [5.41, 5.74) is 0. The molecule has 1 saturated heterocycles. The summed E-state index contributed by atoms with van der Waals surface area (Å²) in [5, 5.41) is 12.3. The molecule has 2 unspecified atom stereocenters. The molecule has 102 valence electrons. The van der Waals surface area contributed by atoms with Gasteiger partial charge in [0.15, 0.2) is 0 Å². The maximum Gasteiger partial charge on any atom is 0.401 e. The van der Waals surface area contributed by atoms with Crippen molar-refractivity contribution in [2.75, 3.05) is 26.2 Å². The van der Waals surface area contributed by atoms with Crippen LogP contribution in [0.1, 0.15) is 20.3 Å². The number of alkyl halides is 3. The van der Waals surface area contributed by atoms with Crippen molar-refractivity contribution in [3.8, 4) is 0 Å². The van der Waals surface area contributed by atoms with E-state index in [2.05, 4.69) is 5.32 Å². The number of nitrogens with one attached hydrogen (secondary N) is 1. The van der Waals surface area contributed by atoms with Crippen molar-refractivity contribution < 1.29 is 18.3 Å². The van der Waals surface area contributed by atoms with E-state index >= 15 is 0 Å². The van der Waals surface area contributed by atoms with Crippen LogP contribution in [0.2, 0.25) is 0 Å². The summed E-state index contributed by atoms with van der Waals surface area (Å²) in [6.45, 7) is 3.70. The van der Waals surface area contributed by atoms with Gasteiger partial charge in [0, 0.05) is 25.2 Å². The smallest absolute Gasteiger partial charge is 0.395 e. The summed E-state index contributed by atoms with van der Waals surface area (Å²) >= 11 is 0. The van der Waals surface area contributed by atoms with E-state index in [1.54, 1.807) is 0 Å². The molecule has 1 rings (SSSR count). The van der Waals surface area contributed by atoms with E-state index in [9.17, 15) is 13.2 Å². The first-order valence-corrected chi connectivity index (χ1v) is 5.97. The topological polar surface area (TPSA) is 35.5 Å². The van der Waals surface area contributed by atoms with Gasteiger partial charge in [-0.25, -0.2) is 0 Å². The summed E-state index contributed by atoms with van der Waals surface area (Å²) in [5.74, 6) is 0.450. The number of aliphatic hydroxyl groups excluding tert-OH is 1. The minimum absolute atomic E-state index is 0.0835. The normalized spacial score (nSPS) is 27.7. The summed E-state index contributed by atoms with van der Waals surface area (Å²) in [6, 6.07) is -0.347. The van der Waals surface area contributed by atoms with Gasteiger partial charge in [-0.2, -0.15) is 13.2 Å². The van der Waals surface area contributed by atoms with Crippen molar-refractivity contribution in [1.29, 1.82) is 0 Å². The van der Waals surface area contributed by atoms with Crippen LogP contribution in [-0.4, -0.2) is 54.5 Å². The molecule has 0 spiro atoms. The highest BCUT2D eigenvalue weighted by molar-refractivity contribution is 4.87. The van der Waals surface area contributed by atoms with Crippen molar-refractivity contribution in [2.24, 2.45) is 5.92 Å². The molecule has 0 saturated carbocycles. The first kappa shape index (κ1) is 14.7. The molecule has 0 aliphatic carbocycles. The number of rotatable bonds is 4. The number of piperazine rings is 1. The van der Waals surface area contributed by atoms with Gasteiger partial charge in [0.05, 0.1) is 13.2 Å². The molecular weight excluding hydrogens is 233 g/mol. The van der Waals surface area contributed by atoms with Gasteiger partial charge >= 0.3 is 6.18 Å². The van der Waals surface area contributed by atoms with Gasteiger partial charge in [-0.1, -0.05) is 13.8 Å². The van der Waals surface area contributed by atoms with Gasteiger partial charge in [-0.15, -0.1) is 0 Å². The Morgan fingerprint density at radius 3 is 2.53 bits per heavy atom. The molecule has 0 amide bonds. The fourth-order valence-electron chi connectivity index (χ4n) is 2.26. The lowest BCUT2D eigenvalue weighted by molar-refractivity contribution is -0.156. The zero-order valence-corrected chi connectivity index (χ0v) is 10.3. The van der Waals surface area contributed by atoms with Crippen LogP contribution in [0.3, 0.4) is 0 Å². The van der Waals surface area contributed by atoms with Crippen molar-refractivity contribution in [3.05, 3.63) is 0 Å². The molecular formula is C11H21F3N2O. The Morgan fingerprint density at radius 2 is 2.06 bits per heavy atom. The Hall–Kier alpha value is -0.330. The monoisotopic (exact) mass is 254 g/mol.